The molecule has 2 heterocycles. The molecule has 44 heavy (non-hydrogen) atoms. The molecule has 2 aromatic carbocycles. The number of ketones is 2. The Kier molecular flexibility index (Phi) is 7.91. The minimum Gasteiger partial charge on any atom is -0.507 e. The van der Waals surface area contributed by atoms with E-state index in [9.17, 15) is 30.0 Å². The van der Waals surface area contributed by atoms with Gasteiger partial charge in [0.15, 0.2) is 12.1 Å². The maximum Gasteiger partial charge on any atom is 0.202 e. The highest BCUT2D eigenvalue weighted by Gasteiger charge is 2.49. The summed E-state index contributed by atoms with van der Waals surface area (Å²) in [6, 6.07) is 3.93. The smallest absolute Gasteiger partial charge is 0.202 e. The van der Waals surface area contributed by atoms with Crippen molar-refractivity contribution < 1.29 is 44.2 Å². The van der Waals surface area contributed by atoms with Crippen LogP contribution in [0.25, 0.3) is 0 Å². The fraction of sp³-hybridized carbons (Fsp3) is 0.531. The molecular weight excluding hydrogens is 570 g/mol. The summed E-state index contributed by atoms with van der Waals surface area (Å²) in [5, 5.41) is 52.5. The van der Waals surface area contributed by atoms with Crippen LogP contribution in [0.4, 0.5) is 0 Å². The Morgan fingerprint density at radius 1 is 1.09 bits per heavy atom. The van der Waals surface area contributed by atoms with Gasteiger partial charge in [0.25, 0.3) is 0 Å². The third-order valence-corrected chi connectivity index (χ3v) is 9.44. The predicted octanol–water partition coefficient (Wildman–Crippen LogP) is 2.30. The van der Waals surface area contributed by atoms with Crippen molar-refractivity contribution in [3.63, 3.8) is 0 Å². The number of methoxy groups -OCH3 is 1. The summed E-state index contributed by atoms with van der Waals surface area (Å²) in [6.45, 7) is 4.86. The van der Waals surface area contributed by atoms with Crippen molar-refractivity contribution in [1.82, 2.24) is 5.01 Å². The summed E-state index contributed by atoms with van der Waals surface area (Å²) in [7, 11) is 1.37. The summed E-state index contributed by atoms with van der Waals surface area (Å²) in [5.41, 5.74) is 4.38. The molecule has 2 aromatic rings. The molecule has 0 spiro atoms. The maximum atomic E-state index is 13.9. The lowest BCUT2D eigenvalue weighted by Gasteiger charge is -2.43. The van der Waals surface area contributed by atoms with E-state index in [0.717, 1.165) is 32.4 Å². The summed E-state index contributed by atoms with van der Waals surface area (Å²) < 4.78 is 17.6. The van der Waals surface area contributed by atoms with Crippen LogP contribution in [-0.4, -0.2) is 93.1 Å². The zero-order chi connectivity index (χ0) is 31.5. The second-order valence-electron chi connectivity index (χ2n) is 12.3. The first kappa shape index (κ1) is 30.5. The molecule has 12 heteroatoms. The number of carbonyl (C=O) groups excluding carboxylic acids is 2. The number of carbonyl (C=O) groups is 2. The molecule has 0 aromatic heterocycles. The van der Waals surface area contributed by atoms with Gasteiger partial charge in [-0.1, -0.05) is 12.1 Å². The van der Waals surface area contributed by atoms with E-state index >= 15 is 0 Å². The molecule has 2 saturated heterocycles. The van der Waals surface area contributed by atoms with E-state index in [1.54, 1.807) is 26.0 Å². The topological polar surface area (TPSA) is 184 Å². The Morgan fingerprint density at radius 2 is 1.80 bits per heavy atom. The molecule has 236 valence electrons. The lowest BCUT2D eigenvalue weighted by molar-refractivity contribution is -0.245. The van der Waals surface area contributed by atoms with E-state index < -0.39 is 59.3 Å². The zero-order valence-electron chi connectivity index (χ0n) is 25.1. The van der Waals surface area contributed by atoms with Crippen LogP contribution < -0.4 is 10.5 Å². The molecule has 0 bridgehead atoms. The number of phenols is 2. The highest BCUT2D eigenvalue weighted by molar-refractivity contribution is 6.31. The first-order chi connectivity index (χ1) is 20.9. The van der Waals surface area contributed by atoms with Crippen LogP contribution in [0.15, 0.2) is 23.3 Å². The maximum absolute atomic E-state index is 13.9. The summed E-state index contributed by atoms with van der Waals surface area (Å²) in [6.07, 6.45) is -0.688. The van der Waals surface area contributed by atoms with Crippen LogP contribution >= 0.6 is 0 Å². The monoisotopic (exact) mass is 609 g/mol. The fourth-order valence-corrected chi connectivity index (χ4v) is 6.95. The number of benzene rings is 2. The lowest BCUT2D eigenvalue weighted by Crippen LogP contribution is -2.52. The number of aliphatic hydroxyl groups excluding tert-OH is 1. The number of hydrazone groups is 1. The van der Waals surface area contributed by atoms with Crippen LogP contribution in [0.2, 0.25) is 0 Å². The number of hydrogen-bond acceptors (Lipinski definition) is 12. The highest BCUT2D eigenvalue weighted by atomic mass is 16.7. The largest absolute Gasteiger partial charge is 0.507 e. The van der Waals surface area contributed by atoms with Crippen LogP contribution in [-0.2, 0) is 15.9 Å². The third-order valence-electron chi connectivity index (χ3n) is 9.44. The van der Waals surface area contributed by atoms with E-state index in [2.05, 4.69) is 0 Å². The number of nitrogens with two attached hydrogens (primary N) is 1. The van der Waals surface area contributed by atoms with Gasteiger partial charge < -0.3 is 40.4 Å². The Morgan fingerprint density at radius 3 is 2.48 bits per heavy atom. The minimum absolute atomic E-state index is 0.0131. The van der Waals surface area contributed by atoms with Crippen molar-refractivity contribution in [2.24, 2.45) is 10.8 Å². The Bertz CT molecular complexity index is 1520. The molecule has 4 aliphatic rings. The second-order valence-corrected chi connectivity index (χ2v) is 12.3. The number of hydrogen-bond donors (Lipinski definition) is 5. The van der Waals surface area contributed by atoms with Crippen molar-refractivity contribution >= 4 is 17.3 Å². The summed E-state index contributed by atoms with van der Waals surface area (Å²) in [5.74, 6) is -2.21. The standard InChI is InChI=1S/C32H39N3O9/c1-15-27(36)19(33)12-22(43-15)44-21-14-32(41,16(2)34-35-10-5-4-6-11-35)13-18-24(21)31(40)26-25(29(18)38)28(37)17-8-7-9-20(42-3)23(17)30(26)39/h7-9,15,19,21-22,27,36,38,40-41H,4-6,10-14,33H2,1-3H3. The number of ether oxygens (including phenoxy) is 3. The minimum atomic E-state index is -1.64. The van der Waals surface area contributed by atoms with Crippen molar-refractivity contribution in [1.29, 1.82) is 0 Å². The molecule has 0 radical (unpaired) electrons. The average molecular weight is 610 g/mol. The van der Waals surface area contributed by atoms with Crippen molar-refractivity contribution in [2.45, 2.75) is 88.6 Å². The van der Waals surface area contributed by atoms with Crippen LogP contribution in [0.1, 0.15) is 95.0 Å². The number of phenolic OH excluding ortho intramolecular Hbond substituents is 2. The number of fused-ring (bicyclic) bond motifs is 3. The Balaban J connectivity index is 1.49. The number of rotatable bonds is 5. The highest BCUT2D eigenvalue weighted by Crippen LogP contribution is 2.52. The zero-order valence-corrected chi connectivity index (χ0v) is 25.1. The average Bonchev–Trinajstić information content (AvgIpc) is 3.00. The van der Waals surface area contributed by atoms with E-state index in [4.69, 9.17) is 25.0 Å². The van der Waals surface area contributed by atoms with Crippen LogP contribution in [0.3, 0.4) is 0 Å². The quantitative estimate of drug-likeness (QED) is 0.211. The summed E-state index contributed by atoms with van der Waals surface area (Å²) in [4.78, 5) is 27.7. The molecule has 2 aliphatic carbocycles. The first-order valence-corrected chi connectivity index (χ1v) is 15.1. The number of aliphatic hydroxyl groups is 2. The van der Waals surface area contributed by atoms with E-state index in [0.29, 0.717) is 5.71 Å². The second kappa shape index (κ2) is 11.4. The van der Waals surface area contributed by atoms with Crippen molar-refractivity contribution in [2.75, 3.05) is 20.2 Å². The molecule has 6 atom stereocenters. The summed E-state index contributed by atoms with van der Waals surface area (Å²) >= 11 is 0. The molecule has 0 saturated carbocycles. The van der Waals surface area contributed by atoms with Gasteiger partial charge in [-0.25, -0.2) is 0 Å². The van der Waals surface area contributed by atoms with Gasteiger partial charge in [-0.05, 0) is 39.2 Å². The molecule has 12 nitrogen and oxygen atoms in total. The Labute approximate surface area is 255 Å². The van der Waals surface area contributed by atoms with Gasteiger partial charge in [0.1, 0.15) is 22.8 Å². The molecule has 6 unspecified atom stereocenters. The lowest BCUT2D eigenvalue weighted by atomic mass is 9.71. The predicted molar refractivity (Wildman–Crippen MR) is 158 cm³/mol. The van der Waals surface area contributed by atoms with Crippen LogP contribution in [0.5, 0.6) is 17.2 Å². The van der Waals surface area contributed by atoms with Gasteiger partial charge in [-0.15, -0.1) is 0 Å². The SMILES string of the molecule is COc1cccc2c1C(=O)c1c(O)c3c(c(O)c1C2=O)CC(O)(C(C)=NN1CCCCC1)CC3OC1CC(N)C(O)C(C)O1. The van der Waals surface area contributed by atoms with Crippen molar-refractivity contribution in [3.05, 3.63) is 51.6 Å². The molecule has 6 rings (SSSR count). The number of aromatic hydroxyl groups is 2. The van der Waals surface area contributed by atoms with E-state index in [1.165, 1.54) is 13.2 Å². The third kappa shape index (κ3) is 4.94. The van der Waals surface area contributed by atoms with Gasteiger partial charge in [-0.3, -0.25) is 14.6 Å². The van der Waals surface area contributed by atoms with Gasteiger partial charge in [0.2, 0.25) is 5.78 Å². The fourth-order valence-electron chi connectivity index (χ4n) is 6.95. The molecule has 0 amide bonds. The molecule has 2 fully saturated rings. The normalized spacial score (nSPS) is 30.5. The molecule has 2 aliphatic heterocycles. The van der Waals surface area contributed by atoms with E-state index in [-0.39, 0.29) is 58.4 Å². The van der Waals surface area contributed by atoms with E-state index in [1.807, 2.05) is 5.01 Å². The van der Waals surface area contributed by atoms with Gasteiger partial charge >= 0.3 is 0 Å². The van der Waals surface area contributed by atoms with Gasteiger partial charge in [-0.2, -0.15) is 5.10 Å². The van der Waals surface area contributed by atoms with Gasteiger partial charge in [0, 0.05) is 55.1 Å². The Hall–Kier alpha value is -3.55. The molecular formula is C32H39N3O9. The first-order valence-electron chi connectivity index (χ1n) is 15.1. The van der Waals surface area contributed by atoms with Crippen molar-refractivity contribution in [3.8, 4) is 17.2 Å². The van der Waals surface area contributed by atoms with Gasteiger partial charge in [0.05, 0.1) is 47.8 Å². The number of nitrogens with zero attached hydrogens (tertiary/aromatic N) is 2. The number of piperidine rings is 1. The molecule has 6 N–H and O–H groups in total. The van der Waals surface area contributed by atoms with Crippen LogP contribution in [0, 0.1) is 0 Å².